The van der Waals surface area contributed by atoms with Gasteiger partial charge in [-0.2, -0.15) is 10.2 Å². The van der Waals surface area contributed by atoms with Gasteiger partial charge >= 0.3 is 0 Å². The van der Waals surface area contributed by atoms with E-state index in [0.717, 1.165) is 24.8 Å². The molecule has 324 valence electrons. The third-order valence-corrected chi connectivity index (χ3v) is 13.5. The maximum atomic E-state index is 14.1. The summed E-state index contributed by atoms with van der Waals surface area (Å²) in [5, 5.41) is 14.0. The average Bonchev–Trinajstić information content (AvgIpc) is 3.75. The Balaban J connectivity index is 1.08. The van der Waals surface area contributed by atoms with Crippen LogP contribution in [0.5, 0.6) is 0 Å². The SMILES string of the molecule is CCCCCCCCCCCCCCCC1CCCC2(C1)OC2(CC)C(=O)Nc1ccc(Cl)c(N=C2NN(c3c(Cl)cc(Cl)cc3Cl)C(=O)C2N=Nc2ccc(C)cc2)c1. The lowest BCUT2D eigenvalue weighted by Gasteiger charge is -2.29. The third kappa shape index (κ3) is 11.4. The monoisotopic (exact) mass is 896 g/mol. The van der Waals surface area contributed by atoms with E-state index in [9.17, 15) is 9.59 Å². The van der Waals surface area contributed by atoms with Crippen molar-refractivity contribution in [2.45, 2.75) is 160 Å². The number of carbonyl (C=O) groups is 2. The molecule has 3 fully saturated rings. The highest BCUT2D eigenvalue weighted by molar-refractivity contribution is 6.43. The number of anilines is 2. The summed E-state index contributed by atoms with van der Waals surface area (Å²) in [5.74, 6) is 0.0251. The summed E-state index contributed by atoms with van der Waals surface area (Å²) in [6, 6.07) is 14.3. The zero-order chi connectivity index (χ0) is 42.7. The van der Waals surface area contributed by atoms with Gasteiger partial charge < -0.3 is 10.1 Å². The van der Waals surface area contributed by atoms with Gasteiger partial charge in [-0.15, -0.1) is 0 Å². The number of carbonyl (C=O) groups excluding carboxylic acids is 2. The van der Waals surface area contributed by atoms with E-state index in [1.165, 1.54) is 113 Å². The van der Waals surface area contributed by atoms with E-state index in [0.29, 0.717) is 39.4 Å². The number of ether oxygens (including phenoxy) is 1. The molecule has 4 unspecified atom stereocenters. The number of halogens is 4. The molecule has 2 heterocycles. The van der Waals surface area contributed by atoms with E-state index in [1.54, 1.807) is 30.3 Å². The molecule has 60 heavy (non-hydrogen) atoms. The molecular formula is C47H60Cl4N6O3. The highest BCUT2D eigenvalue weighted by atomic mass is 35.5. The van der Waals surface area contributed by atoms with Crippen molar-refractivity contribution in [3.8, 4) is 0 Å². The Morgan fingerprint density at radius 1 is 0.850 bits per heavy atom. The van der Waals surface area contributed by atoms with Crippen LogP contribution in [0.1, 0.15) is 141 Å². The smallest absolute Gasteiger partial charge is 0.280 e. The number of aryl methyl sites for hydroxylation is 1. The first-order chi connectivity index (χ1) is 29.0. The summed E-state index contributed by atoms with van der Waals surface area (Å²) in [6.45, 7) is 6.28. The van der Waals surface area contributed by atoms with Crippen molar-refractivity contribution < 1.29 is 14.3 Å². The molecule has 0 radical (unpaired) electrons. The number of azo groups is 1. The number of benzene rings is 3. The number of hydrogen-bond acceptors (Lipinski definition) is 6. The molecule has 3 aliphatic rings. The molecule has 13 heteroatoms. The van der Waals surface area contributed by atoms with Gasteiger partial charge in [-0.25, -0.2) is 10.0 Å². The number of unbranched alkanes of at least 4 members (excludes halogenated alkanes) is 12. The molecule has 3 aromatic carbocycles. The molecule has 0 bridgehead atoms. The van der Waals surface area contributed by atoms with Gasteiger partial charge in [-0.1, -0.05) is 181 Å². The number of amidine groups is 1. The van der Waals surface area contributed by atoms with Gasteiger partial charge in [0.1, 0.15) is 11.3 Å². The number of amides is 2. The maximum Gasteiger partial charge on any atom is 0.280 e. The summed E-state index contributed by atoms with van der Waals surface area (Å²) in [5.41, 5.74) is 4.33. The van der Waals surface area contributed by atoms with Gasteiger partial charge in [0, 0.05) is 10.7 Å². The highest BCUT2D eigenvalue weighted by Gasteiger charge is 2.73. The van der Waals surface area contributed by atoms with E-state index < -0.39 is 23.2 Å². The fraction of sp³-hybridized carbons (Fsp3) is 0.553. The molecule has 4 atom stereocenters. The molecule has 1 spiro atoms. The minimum Gasteiger partial charge on any atom is -0.352 e. The molecule has 2 saturated heterocycles. The normalized spacial score (nSPS) is 23.2. The lowest BCUT2D eigenvalue weighted by Crippen LogP contribution is -2.40. The second-order valence-electron chi connectivity index (χ2n) is 16.8. The highest BCUT2D eigenvalue weighted by Crippen LogP contribution is 2.60. The summed E-state index contributed by atoms with van der Waals surface area (Å²) in [4.78, 5) is 32.8. The van der Waals surface area contributed by atoms with Crippen LogP contribution >= 0.6 is 46.4 Å². The predicted molar refractivity (Wildman–Crippen MR) is 248 cm³/mol. The molecule has 0 aromatic heterocycles. The topological polar surface area (TPSA) is 111 Å². The summed E-state index contributed by atoms with van der Waals surface area (Å²) >= 11 is 25.9. The minimum absolute atomic E-state index is 0.134. The molecule has 2 aliphatic heterocycles. The van der Waals surface area contributed by atoms with Crippen LogP contribution in [-0.2, 0) is 14.3 Å². The van der Waals surface area contributed by atoms with E-state index >= 15 is 0 Å². The molecule has 2 N–H and O–H groups in total. The molecule has 9 nitrogen and oxygen atoms in total. The van der Waals surface area contributed by atoms with Crippen molar-refractivity contribution in [1.82, 2.24) is 5.43 Å². The van der Waals surface area contributed by atoms with Gasteiger partial charge in [-0.05, 0) is 74.6 Å². The van der Waals surface area contributed by atoms with Crippen LogP contribution in [0.3, 0.4) is 0 Å². The van der Waals surface area contributed by atoms with E-state index in [1.807, 2.05) is 26.0 Å². The zero-order valence-electron chi connectivity index (χ0n) is 35.3. The van der Waals surface area contributed by atoms with Crippen LogP contribution in [0.4, 0.5) is 22.7 Å². The number of epoxide rings is 1. The van der Waals surface area contributed by atoms with Crippen LogP contribution in [0.2, 0.25) is 20.1 Å². The predicted octanol–water partition coefficient (Wildman–Crippen LogP) is 14.9. The molecule has 1 saturated carbocycles. The van der Waals surface area contributed by atoms with Crippen molar-refractivity contribution in [2.24, 2.45) is 21.1 Å². The van der Waals surface area contributed by atoms with Gasteiger partial charge in [-0.3, -0.25) is 15.0 Å². The zero-order valence-corrected chi connectivity index (χ0v) is 38.3. The lowest BCUT2D eigenvalue weighted by atomic mass is 9.72. The van der Waals surface area contributed by atoms with Crippen molar-refractivity contribution in [2.75, 3.05) is 10.3 Å². The molecular weight excluding hydrogens is 838 g/mol. The van der Waals surface area contributed by atoms with Crippen molar-refractivity contribution in [1.29, 1.82) is 0 Å². The Hall–Kier alpha value is -3.21. The Morgan fingerprint density at radius 2 is 1.48 bits per heavy atom. The molecule has 2 amide bonds. The van der Waals surface area contributed by atoms with Crippen LogP contribution in [0.25, 0.3) is 0 Å². The number of rotatable bonds is 21. The first kappa shape index (κ1) is 46.3. The Labute approximate surface area is 376 Å². The number of nitrogens with one attached hydrogen (secondary N) is 2. The molecule has 3 aromatic rings. The van der Waals surface area contributed by atoms with Gasteiger partial charge in [0.05, 0.1) is 26.4 Å². The van der Waals surface area contributed by atoms with Gasteiger partial charge in [0.25, 0.3) is 11.8 Å². The van der Waals surface area contributed by atoms with Crippen LogP contribution in [-0.4, -0.2) is 34.9 Å². The van der Waals surface area contributed by atoms with Gasteiger partial charge in [0.2, 0.25) is 6.04 Å². The minimum atomic E-state index is -1.19. The van der Waals surface area contributed by atoms with Crippen LogP contribution in [0, 0.1) is 12.8 Å². The summed E-state index contributed by atoms with van der Waals surface area (Å²) in [6.07, 6.45) is 23.4. The fourth-order valence-corrected chi connectivity index (χ4v) is 10.1. The number of nitrogens with zero attached hydrogens (tertiary/aromatic N) is 4. The Bertz CT molecular complexity index is 1990. The largest absolute Gasteiger partial charge is 0.352 e. The van der Waals surface area contributed by atoms with Crippen molar-refractivity contribution in [3.63, 3.8) is 0 Å². The van der Waals surface area contributed by atoms with E-state index in [2.05, 4.69) is 27.9 Å². The van der Waals surface area contributed by atoms with Crippen molar-refractivity contribution in [3.05, 3.63) is 80.3 Å². The Kier molecular flexibility index (Phi) is 16.8. The average molecular weight is 899 g/mol. The van der Waals surface area contributed by atoms with E-state index in [4.69, 9.17) is 56.1 Å². The van der Waals surface area contributed by atoms with Gasteiger partial charge in [0.15, 0.2) is 11.4 Å². The standard InChI is InChI=1S/C47H60Cl4N6O3/c1-4-6-7-8-9-10-11-12-13-14-15-16-17-19-33-20-18-27-46(31-33)47(5-2,60-46)45(59)52-36-25-26-37(49)40(30-36)53-43-41(55-54-35-23-21-32(3)22-24-35)44(58)57(56-43)42-38(50)28-34(48)29-39(42)51/h21-26,28-30,33,41H,4-20,27,31H2,1-3H3,(H,52,59)(H,53,56). The molecule has 6 rings (SSSR count). The van der Waals surface area contributed by atoms with Crippen molar-refractivity contribution >= 4 is 86.8 Å². The number of hydrogen-bond donors (Lipinski definition) is 2. The maximum absolute atomic E-state index is 14.1. The first-order valence-electron chi connectivity index (χ1n) is 22.1. The quantitative estimate of drug-likeness (QED) is 0.0630. The summed E-state index contributed by atoms with van der Waals surface area (Å²) in [7, 11) is 0. The van der Waals surface area contributed by atoms with Crippen LogP contribution < -0.4 is 15.8 Å². The molecule has 1 aliphatic carbocycles. The second kappa shape index (κ2) is 21.7. The summed E-state index contributed by atoms with van der Waals surface area (Å²) < 4.78 is 6.53. The number of hydrazine groups is 1. The third-order valence-electron chi connectivity index (χ3n) is 12.4. The van der Waals surface area contributed by atoms with Crippen LogP contribution in [0.15, 0.2) is 69.8 Å². The van der Waals surface area contributed by atoms with E-state index in [-0.39, 0.29) is 27.5 Å². The second-order valence-corrected chi connectivity index (χ2v) is 18.5. The lowest BCUT2D eigenvalue weighted by molar-refractivity contribution is -0.121. The Morgan fingerprint density at radius 3 is 2.12 bits per heavy atom. The fourth-order valence-electron chi connectivity index (χ4n) is 8.97. The first-order valence-corrected chi connectivity index (χ1v) is 23.6. The number of aliphatic imine (C=N–C) groups is 1.